The van der Waals surface area contributed by atoms with Crippen LogP contribution in [0.5, 0.6) is 0 Å². The van der Waals surface area contributed by atoms with Gasteiger partial charge in [-0.1, -0.05) is 93.8 Å². The number of anilines is 1. The first-order chi connectivity index (χ1) is 13.5. The van der Waals surface area contributed by atoms with Crippen molar-refractivity contribution in [2.75, 3.05) is 5.32 Å². The van der Waals surface area contributed by atoms with Gasteiger partial charge < -0.3 is 5.32 Å². The number of rotatable bonds is 3. The number of halogens is 1. The Bertz CT molecular complexity index is 690. The Balaban J connectivity index is 0. The predicted octanol–water partition coefficient (Wildman–Crippen LogP) is 8.60. The van der Waals surface area contributed by atoms with Crippen LogP contribution in [0, 0.1) is 6.92 Å². The third-order valence-corrected chi connectivity index (χ3v) is 3.33. The molecule has 0 aliphatic carbocycles. The molecule has 0 fully saturated rings. The Morgan fingerprint density at radius 1 is 1.04 bits per heavy atom. The van der Waals surface area contributed by atoms with Crippen LogP contribution in [0.25, 0.3) is 5.70 Å². The van der Waals surface area contributed by atoms with Crippen LogP contribution in [0.15, 0.2) is 59.6 Å². The number of thiocarbonyl (C=S) groups is 1. The van der Waals surface area contributed by atoms with E-state index in [1.807, 2.05) is 70.2 Å². The largest absolute Gasteiger partial charge is 0.344 e. The maximum absolute atomic E-state index is 5.92. The van der Waals surface area contributed by atoms with Crippen LogP contribution in [-0.2, 0) is 0 Å². The van der Waals surface area contributed by atoms with Crippen molar-refractivity contribution < 1.29 is 0 Å². The fourth-order valence-corrected chi connectivity index (χ4v) is 2.10. The quantitative estimate of drug-likeness (QED) is 0.306. The van der Waals surface area contributed by atoms with Crippen LogP contribution in [0.4, 0.5) is 5.69 Å². The molecule has 1 N–H and O–H groups in total. The van der Waals surface area contributed by atoms with Crippen LogP contribution in [0.2, 0.25) is 5.02 Å². The number of aryl methyl sites for hydroxylation is 1. The summed E-state index contributed by atoms with van der Waals surface area (Å²) in [6, 6.07) is 15.9. The van der Waals surface area contributed by atoms with Crippen LogP contribution in [0.1, 0.15) is 59.1 Å². The van der Waals surface area contributed by atoms with Gasteiger partial charge >= 0.3 is 0 Å². The second-order valence-electron chi connectivity index (χ2n) is 5.58. The summed E-state index contributed by atoms with van der Waals surface area (Å²) in [7, 11) is 0. The Kier molecular flexibility index (Phi) is 18.6. The van der Waals surface area contributed by atoms with Crippen LogP contribution < -0.4 is 5.32 Å². The van der Waals surface area contributed by atoms with E-state index in [-0.39, 0.29) is 0 Å². The van der Waals surface area contributed by atoms with Crippen LogP contribution >= 0.6 is 23.8 Å². The van der Waals surface area contributed by atoms with Crippen molar-refractivity contribution >= 4 is 46.9 Å². The Morgan fingerprint density at radius 3 is 1.93 bits per heavy atom. The number of allylic oxidation sites excluding steroid dienone is 1. The van der Waals surface area contributed by atoms with Crippen molar-refractivity contribution in [1.29, 1.82) is 0 Å². The molecule has 0 aromatic heterocycles. The molecular formula is C24H35ClN2S. The van der Waals surface area contributed by atoms with E-state index in [0.717, 1.165) is 27.8 Å². The molecule has 4 heteroatoms. The fraction of sp³-hybridized carbons (Fsp3) is 0.333. The number of amidine groups is 1. The number of hydrogen-bond donors (Lipinski definition) is 1. The topological polar surface area (TPSA) is 24.4 Å². The Hall–Kier alpha value is -1.97. The van der Waals surface area contributed by atoms with Gasteiger partial charge in [-0.05, 0) is 56.5 Å². The SMILES string of the molecule is C/C=C(\N=C(C)Nc1ccc(C)cc1)c1ccc(Cl)cc1.C=S.CC.CCC. The summed E-state index contributed by atoms with van der Waals surface area (Å²) in [6.45, 7) is 14.3. The number of nitrogens with one attached hydrogen (secondary N) is 1. The van der Waals surface area contributed by atoms with Crippen molar-refractivity contribution in [3.8, 4) is 0 Å². The molecule has 0 amide bonds. The lowest BCUT2D eigenvalue weighted by Crippen LogP contribution is -2.07. The maximum atomic E-state index is 5.92. The van der Waals surface area contributed by atoms with E-state index in [0.29, 0.717) is 0 Å². The molecule has 2 aromatic carbocycles. The summed E-state index contributed by atoms with van der Waals surface area (Å²) in [5.74, 6) is 3.68. The highest BCUT2D eigenvalue weighted by atomic mass is 35.5. The summed E-state index contributed by atoms with van der Waals surface area (Å²) in [4.78, 5) is 4.64. The minimum absolute atomic E-state index is 0.729. The van der Waals surface area contributed by atoms with Gasteiger partial charge in [0.15, 0.2) is 0 Å². The third kappa shape index (κ3) is 12.4. The zero-order valence-electron chi connectivity index (χ0n) is 18.3. The van der Waals surface area contributed by atoms with E-state index in [4.69, 9.17) is 11.6 Å². The van der Waals surface area contributed by atoms with Gasteiger partial charge in [0.1, 0.15) is 5.84 Å². The first kappa shape index (κ1) is 28.2. The second kappa shape index (κ2) is 18.4. The zero-order valence-corrected chi connectivity index (χ0v) is 19.9. The molecule has 0 heterocycles. The molecule has 154 valence electrons. The molecule has 2 aromatic rings. The number of aliphatic imine (C=N–C) groups is 1. The second-order valence-corrected chi connectivity index (χ2v) is 6.01. The molecule has 2 nitrogen and oxygen atoms in total. The van der Waals surface area contributed by atoms with E-state index >= 15 is 0 Å². The van der Waals surface area contributed by atoms with Gasteiger partial charge in [0.2, 0.25) is 0 Å². The molecule has 0 atom stereocenters. The molecule has 0 unspecified atom stereocenters. The normalized spacial score (nSPS) is 10.3. The molecule has 2 rings (SSSR count). The van der Waals surface area contributed by atoms with Crippen molar-refractivity contribution in [2.24, 2.45) is 4.99 Å². The molecule has 0 aliphatic heterocycles. The minimum Gasteiger partial charge on any atom is -0.344 e. The van der Waals surface area contributed by atoms with Gasteiger partial charge in [-0.2, -0.15) is 0 Å². The summed E-state index contributed by atoms with van der Waals surface area (Å²) in [5.41, 5.74) is 4.24. The van der Waals surface area contributed by atoms with Crippen molar-refractivity contribution in [1.82, 2.24) is 0 Å². The van der Waals surface area contributed by atoms with E-state index in [2.05, 4.69) is 61.3 Å². The lowest BCUT2D eigenvalue weighted by molar-refractivity contribution is 1.09. The molecule has 28 heavy (non-hydrogen) atoms. The van der Waals surface area contributed by atoms with E-state index in [9.17, 15) is 0 Å². The predicted molar refractivity (Wildman–Crippen MR) is 135 cm³/mol. The Morgan fingerprint density at radius 2 is 1.50 bits per heavy atom. The summed E-state index contributed by atoms with van der Waals surface area (Å²) in [5, 5.41) is 4.03. The lowest BCUT2D eigenvalue weighted by Gasteiger charge is -2.08. The Labute approximate surface area is 182 Å². The fourth-order valence-electron chi connectivity index (χ4n) is 1.97. The monoisotopic (exact) mass is 418 g/mol. The first-order valence-corrected chi connectivity index (χ1v) is 10.6. The number of hydrogen-bond acceptors (Lipinski definition) is 2. The third-order valence-electron chi connectivity index (χ3n) is 3.08. The van der Waals surface area contributed by atoms with Crippen molar-refractivity contribution in [3.05, 3.63) is 70.8 Å². The summed E-state index contributed by atoms with van der Waals surface area (Å²) in [6.07, 6.45) is 3.24. The van der Waals surface area contributed by atoms with E-state index < -0.39 is 0 Å². The van der Waals surface area contributed by atoms with Gasteiger partial charge in [0.05, 0.1) is 5.70 Å². The molecule has 0 spiro atoms. The summed E-state index contributed by atoms with van der Waals surface area (Å²) < 4.78 is 0. The van der Waals surface area contributed by atoms with Crippen molar-refractivity contribution in [3.63, 3.8) is 0 Å². The van der Waals surface area contributed by atoms with Gasteiger partial charge in [0, 0.05) is 10.7 Å². The molecule has 0 bridgehead atoms. The molecule has 0 aliphatic rings. The van der Waals surface area contributed by atoms with E-state index in [1.54, 1.807) is 0 Å². The maximum Gasteiger partial charge on any atom is 0.103 e. The number of nitrogens with zero attached hydrogens (tertiary/aromatic N) is 1. The smallest absolute Gasteiger partial charge is 0.103 e. The van der Waals surface area contributed by atoms with Gasteiger partial charge in [0.25, 0.3) is 0 Å². The van der Waals surface area contributed by atoms with Gasteiger partial charge in [-0.3, -0.25) is 0 Å². The molecular weight excluding hydrogens is 384 g/mol. The highest BCUT2D eigenvalue weighted by Crippen LogP contribution is 2.19. The number of benzene rings is 2. The summed E-state index contributed by atoms with van der Waals surface area (Å²) >= 11 is 9.75. The molecule has 0 saturated heterocycles. The van der Waals surface area contributed by atoms with E-state index in [1.165, 1.54) is 12.0 Å². The molecule has 0 radical (unpaired) electrons. The highest BCUT2D eigenvalue weighted by Gasteiger charge is 2.01. The van der Waals surface area contributed by atoms with Crippen LogP contribution in [0.3, 0.4) is 0 Å². The van der Waals surface area contributed by atoms with Crippen molar-refractivity contribution in [2.45, 2.75) is 54.9 Å². The standard InChI is InChI=1S/C18H19ClN2.C3H8.C2H6.CH2S/c1-4-18(15-7-9-16(19)10-8-15)21-14(3)20-17-11-5-13(2)6-12-17;1-3-2;2*1-2/h4-12H,1-3H3,(H,20,21);3H2,1-2H3;1-2H3;1H2/b18-4-;;;. The highest BCUT2D eigenvalue weighted by molar-refractivity contribution is 7.77. The first-order valence-electron chi connectivity index (χ1n) is 9.60. The van der Waals surface area contributed by atoms with Crippen LogP contribution in [-0.4, -0.2) is 11.7 Å². The zero-order chi connectivity index (χ0) is 21.9. The van der Waals surface area contributed by atoms with Gasteiger partial charge in [-0.15, -0.1) is 0 Å². The minimum atomic E-state index is 0.729. The lowest BCUT2D eigenvalue weighted by atomic mass is 10.1. The average Bonchev–Trinajstić information content (AvgIpc) is 2.72. The average molecular weight is 419 g/mol. The van der Waals surface area contributed by atoms with Gasteiger partial charge in [-0.25, -0.2) is 4.99 Å². The molecule has 0 saturated carbocycles.